The van der Waals surface area contributed by atoms with Gasteiger partial charge in [0, 0.05) is 39.3 Å². The molecule has 0 saturated carbocycles. The summed E-state index contributed by atoms with van der Waals surface area (Å²) in [6.07, 6.45) is 2.35. The van der Waals surface area contributed by atoms with E-state index in [9.17, 15) is 4.79 Å². The lowest BCUT2D eigenvalue weighted by Gasteiger charge is -2.38. The van der Waals surface area contributed by atoms with Crippen LogP contribution in [-0.4, -0.2) is 87.4 Å². The highest BCUT2D eigenvalue weighted by molar-refractivity contribution is 5.82. The molecule has 21 heavy (non-hydrogen) atoms. The molecule has 6 heteroatoms. The van der Waals surface area contributed by atoms with Crippen LogP contribution in [0, 0.1) is 5.92 Å². The van der Waals surface area contributed by atoms with Crippen LogP contribution in [0.4, 0.5) is 0 Å². The number of hydrogen-bond donors (Lipinski definition) is 1. The van der Waals surface area contributed by atoms with Gasteiger partial charge in [-0.05, 0) is 18.8 Å². The number of nitrogens with one attached hydrogen (secondary N) is 1. The largest absolute Gasteiger partial charge is 0.379 e. The standard InChI is InChI=1S/C15H27N3O3/c19-15(14-12-21-7-3-16-14)18-4-1-2-13(11-18)10-17-5-8-20-9-6-17/h13-14,16H,1-12H2. The highest BCUT2D eigenvalue weighted by atomic mass is 16.5. The minimum atomic E-state index is -0.138. The minimum Gasteiger partial charge on any atom is -0.379 e. The van der Waals surface area contributed by atoms with Gasteiger partial charge < -0.3 is 19.7 Å². The Morgan fingerprint density at radius 1 is 1.14 bits per heavy atom. The Hall–Kier alpha value is -0.690. The molecule has 3 heterocycles. The zero-order chi connectivity index (χ0) is 14.5. The third-order valence-corrected chi connectivity index (χ3v) is 4.67. The molecule has 1 amide bonds. The molecule has 120 valence electrons. The Kier molecular flexibility index (Phi) is 5.46. The monoisotopic (exact) mass is 297 g/mol. The van der Waals surface area contributed by atoms with Gasteiger partial charge in [-0.1, -0.05) is 0 Å². The van der Waals surface area contributed by atoms with Crippen molar-refractivity contribution >= 4 is 5.91 Å². The Bertz CT molecular complexity index is 341. The van der Waals surface area contributed by atoms with Crippen molar-refractivity contribution in [2.45, 2.75) is 18.9 Å². The van der Waals surface area contributed by atoms with Crippen molar-refractivity contribution in [3.05, 3.63) is 0 Å². The molecule has 3 saturated heterocycles. The van der Waals surface area contributed by atoms with Crippen LogP contribution < -0.4 is 5.32 Å². The number of carbonyl (C=O) groups is 1. The third-order valence-electron chi connectivity index (χ3n) is 4.67. The second-order valence-electron chi connectivity index (χ2n) is 6.29. The van der Waals surface area contributed by atoms with E-state index in [1.54, 1.807) is 0 Å². The number of hydrogen-bond acceptors (Lipinski definition) is 5. The molecule has 0 aliphatic carbocycles. The maximum atomic E-state index is 12.5. The van der Waals surface area contributed by atoms with Gasteiger partial charge in [0.15, 0.2) is 0 Å². The highest BCUT2D eigenvalue weighted by Gasteiger charge is 2.30. The number of piperidine rings is 1. The molecule has 0 aromatic heterocycles. The molecule has 3 aliphatic rings. The molecule has 3 rings (SSSR count). The summed E-state index contributed by atoms with van der Waals surface area (Å²) >= 11 is 0. The molecule has 2 atom stereocenters. The molecule has 0 bridgehead atoms. The normalized spacial score (nSPS) is 32.1. The van der Waals surface area contributed by atoms with Crippen molar-refractivity contribution in [3.8, 4) is 0 Å². The predicted octanol–water partition coefficient (Wildman–Crippen LogP) is -0.454. The smallest absolute Gasteiger partial charge is 0.242 e. The van der Waals surface area contributed by atoms with Gasteiger partial charge in [0.05, 0.1) is 26.4 Å². The molecule has 0 aromatic carbocycles. The summed E-state index contributed by atoms with van der Waals surface area (Å²) in [5.74, 6) is 0.826. The molecule has 6 nitrogen and oxygen atoms in total. The number of amides is 1. The topological polar surface area (TPSA) is 54.0 Å². The first-order valence-electron chi connectivity index (χ1n) is 8.23. The van der Waals surface area contributed by atoms with Crippen LogP contribution in [0.25, 0.3) is 0 Å². The molecule has 0 radical (unpaired) electrons. The van der Waals surface area contributed by atoms with Gasteiger partial charge in [-0.2, -0.15) is 0 Å². The zero-order valence-electron chi connectivity index (χ0n) is 12.8. The molecule has 3 fully saturated rings. The second kappa shape index (κ2) is 7.54. The van der Waals surface area contributed by atoms with Crippen LogP contribution in [0.2, 0.25) is 0 Å². The number of carbonyl (C=O) groups excluding carboxylic acids is 1. The van der Waals surface area contributed by atoms with Crippen molar-refractivity contribution in [2.75, 3.05) is 65.7 Å². The van der Waals surface area contributed by atoms with Crippen molar-refractivity contribution in [1.29, 1.82) is 0 Å². The van der Waals surface area contributed by atoms with E-state index >= 15 is 0 Å². The van der Waals surface area contributed by atoms with E-state index in [2.05, 4.69) is 10.2 Å². The summed E-state index contributed by atoms with van der Waals surface area (Å²) in [5.41, 5.74) is 0. The molecule has 0 aromatic rings. The molecule has 3 aliphatic heterocycles. The quantitative estimate of drug-likeness (QED) is 0.764. The van der Waals surface area contributed by atoms with Crippen molar-refractivity contribution in [1.82, 2.24) is 15.1 Å². The molecular weight excluding hydrogens is 270 g/mol. The van der Waals surface area contributed by atoms with E-state index in [0.717, 1.165) is 58.9 Å². The maximum absolute atomic E-state index is 12.5. The number of likely N-dealkylation sites (tertiary alicyclic amines) is 1. The summed E-state index contributed by atoms with van der Waals surface area (Å²) in [6.45, 7) is 8.66. The fourth-order valence-corrected chi connectivity index (χ4v) is 3.51. The van der Waals surface area contributed by atoms with Crippen LogP contribution in [0.1, 0.15) is 12.8 Å². The Balaban J connectivity index is 1.48. The average Bonchev–Trinajstić information content (AvgIpc) is 2.56. The van der Waals surface area contributed by atoms with Gasteiger partial charge in [-0.25, -0.2) is 0 Å². The van der Waals surface area contributed by atoms with Crippen LogP contribution in [0.15, 0.2) is 0 Å². The Morgan fingerprint density at radius 2 is 2.00 bits per heavy atom. The number of ether oxygens (including phenoxy) is 2. The van der Waals surface area contributed by atoms with Gasteiger partial charge in [-0.15, -0.1) is 0 Å². The summed E-state index contributed by atoms with van der Waals surface area (Å²) in [6, 6.07) is -0.138. The van der Waals surface area contributed by atoms with Gasteiger partial charge in [-0.3, -0.25) is 9.69 Å². The van der Waals surface area contributed by atoms with Gasteiger partial charge >= 0.3 is 0 Å². The van der Waals surface area contributed by atoms with E-state index in [1.165, 1.54) is 6.42 Å². The fourth-order valence-electron chi connectivity index (χ4n) is 3.51. The lowest BCUT2D eigenvalue weighted by molar-refractivity contribution is -0.138. The summed E-state index contributed by atoms with van der Waals surface area (Å²) in [4.78, 5) is 17.1. The van der Waals surface area contributed by atoms with E-state index < -0.39 is 0 Å². The van der Waals surface area contributed by atoms with Gasteiger partial charge in [0.25, 0.3) is 0 Å². The molecule has 2 unspecified atom stereocenters. The summed E-state index contributed by atoms with van der Waals surface area (Å²) in [7, 11) is 0. The Morgan fingerprint density at radius 3 is 2.76 bits per heavy atom. The van der Waals surface area contributed by atoms with E-state index in [-0.39, 0.29) is 11.9 Å². The summed E-state index contributed by atoms with van der Waals surface area (Å²) < 4.78 is 10.8. The van der Waals surface area contributed by atoms with Crippen LogP contribution in [-0.2, 0) is 14.3 Å². The van der Waals surface area contributed by atoms with Gasteiger partial charge in [0.1, 0.15) is 6.04 Å². The second-order valence-corrected chi connectivity index (χ2v) is 6.29. The summed E-state index contributed by atoms with van der Waals surface area (Å²) in [5, 5.41) is 3.27. The predicted molar refractivity (Wildman–Crippen MR) is 79.2 cm³/mol. The average molecular weight is 297 g/mol. The molecular formula is C15H27N3O3. The first kappa shape index (κ1) is 15.2. The van der Waals surface area contributed by atoms with Crippen molar-refractivity contribution in [3.63, 3.8) is 0 Å². The first-order valence-corrected chi connectivity index (χ1v) is 8.23. The highest BCUT2D eigenvalue weighted by Crippen LogP contribution is 2.19. The fraction of sp³-hybridized carbons (Fsp3) is 0.933. The number of morpholine rings is 2. The SMILES string of the molecule is O=C(C1COCCN1)N1CCCC(CN2CCOCC2)C1. The lowest BCUT2D eigenvalue weighted by atomic mass is 9.96. The van der Waals surface area contributed by atoms with Crippen LogP contribution in [0.3, 0.4) is 0 Å². The van der Waals surface area contributed by atoms with Crippen molar-refractivity contribution in [2.24, 2.45) is 5.92 Å². The maximum Gasteiger partial charge on any atom is 0.242 e. The van der Waals surface area contributed by atoms with E-state index in [1.807, 2.05) is 4.90 Å². The van der Waals surface area contributed by atoms with E-state index in [4.69, 9.17) is 9.47 Å². The third kappa shape index (κ3) is 4.16. The first-order chi connectivity index (χ1) is 10.3. The molecule has 0 spiro atoms. The number of rotatable bonds is 3. The number of nitrogens with zero attached hydrogens (tertiary/aromatic N) is 2. The van der Waals surface area contributed by atoms with Crippen LogP contribution >= 0.6 is 0 Å². The lowest BCUT2D eigenvalue weighted by Crippen LogP contribution is -2.55. The zero-order valence-corrected chi connectivity index (χ0v) is 12.8. The molecule has 1 N–H and O–H groups in total. The minimum absolute atomic E-state index is 0.138. The van der Waals surface area contributed by atoms with Crippen molar-refractivity contribution < 1.29 is 14.3 Å². The van der Waals surface area contributed by atoms with Crippen LogP contribution in [0.5, 0.6) is 0 Å². The van der Waals surface area contributed by atoms with Gasteiger partial charge in [0.2, 0.25) is 5.91 Å². The Labute approximate surface area is 126 Å². The van der Waals surface area contributed by atoms with E-state index in [0.29, 0.717) is 19.1 Å².